The van der Waals surface area contributed by atoms with Crippen molar-refractivity contribution in [3.63, 3.8) is 0 Å². The molecule has 0 amide bonds. The van der Waals surface area contributed by atoms with Gasteiger partial charge in [-0.15, -0.1) is 0 Å². The van der Waals surface area contributed by atoms with Crippen LogP contribution in [-0.4, -0.2) is 12.4 Å². The highest BCUT2D eigenvalue weighted by molar-refractivity contribution is 9.10. The third-order valence-electron chi connectivity index (χ3n) is 1.81. The van der Waals surface area contributed by atoms with Crippen molar-refractivity contribution in [3.8, 4) is 0 Å². The number of hydrogen-bond donors (Lipinski definition) is 0. The molecule has 80 valence electrons. The van der Waals surface area contributed by atoms with Crippen LogP contribution in [0.4, 0.5) is 0 Å². The second-order valence-electron chi connectivity index (χ2n) is 3.03. The summed E-state index contributed by atoms with van der Waals surface area (Å²) in [5.41, 5.74) is 1.00. The van der Waals surface area contributed by atoms with E-state index >= 15 is 0 Å². The van der Waals surface area contributed by atoms with Crippen LogP contribution in [-0.2, 0) is 16.0 Å². The lowest BCUT2D eigenvalue weighted by atomic mass is 10.1. The van der Waals surface area contributed by atoms with E-state index in [0.29, 0.717) is 13.0 Å². The maximum atomic E-state index is 11.4. The van der Waals surface area contributed by atoms with Crippen LogP contribution in [0.3, 0.4) is 0 Å². The van der Waals surface area contributed by atoms with E-state index < -0.39 is 0 Å². The van der Waals surface area contributed by atoms with Crippen LogP contribution < -0.4 is 0 Å². The fraction of sp³-hybridized carbons (Fsp3) is 0.250. The van der Waals surface area contributed by atoms with E-state index in [0.717, 1.165) is 10.0 Å². The molecule has 0 aliphatic rings. The Bertz CT molecular complexity index is 341. The number of rotatable bonds is 5. The summed E-state index contributed by atoms with van der Waals surface area (Å²) in [6, 6.07) is 7.71. The summed E-state index contributed by atoms with van der Waals surface area (Å²) in [6.45, 7) is 2.46. The Morgan fingerprint density at radius 3 is 2.67 bits per heavy atom. The first kappa shape index (κ1) is 12.0. The van der Waals surface area contributed by atoms with Crippen molar-refractivity contribution >= 4 is 21.7 Å². The Morgan fingerprint density at radius 1 is 1.40 bits per heavy atom. The number of halogens is 1. The number of carbonyl (C=O) groups excluding carboxylic acids is 1. The highest BCUT2D eigenvalue weighted by Gasteiger charge is 1.99. The molecule has 0 radical (unpaired) electrons. The van der Waals surface area contributed by atoms with Crippen LogP contribution in [0.2, 0.25) is 0 Å². The van der Waals surface area contributed by atoms with Crippen molar-refractivity contribution in [2.24, 2.45) is 0 Å². The van der Waals surface area contributed by atoms with Crippen LogP contribution in [0.1, 0.15) is 12.5 Å². The molecule has 0 aromatic heterocycles. The number of ether oxygens (including phenoxy) is 1. The summed E-state index contributed by atoms with van der Waals surface area (Å²) < 4.78 is 5.97. The zero-order valence-corrected chi connectivity index (χ0v) is 10.2. The van der Waals surface area contributed by atoms with Gasteiger partial charge in [-0.2, -0.15) is 0 Å². The Labute approximate surface area is 98.1 Å². The number of hydrogen-bond acceptors (Lipinski definition) is 2. The second kappa shape index (κ2) is 6.40. The summed E-state index contributed by atoms with van der Waals surface area (Å²) in [6.07, 6.45) is 3.32. The first-order valence-electron chi connectivity index (χ1n) is 4.78. The van der Waals surface area contributed by atoms with Crippen molar-refractivity contribution in [2.45, 2.75) is 13.3 Å². The number of carbonyl (C=O) groups is 1. The summed E-state index contributed by atoms with van der Waals surface area (Å²) in [5.74, 6) is 0.0470. The Kier molecular flexibility index (Phi) is 5.12. The van der Waals surface area contributed by atoms with Crippen LogP contribution in [0.15, 0.2) is 41.1 Å². The molecule has 0 fully saturated rings. The Balaban J connectivity index is 2.48. The van der Waals surface area contributed by atoms with E-state index in [-0.39, 0.29) is 5.78 Å². The van der Waals surface area contributed by atoms with Gasteiger partial charge in [-0.05, 0) is 24.6 Å². The van der Waals surface area contributed by atoms with E-state index in [1.54, 1.807) is 0 Å². The lowest BCUT2D eigenvalue weighted by Crippen LogP contribution is -1.98. The van der Waals surface area contributed by atoms with E-state index in [9.17, 15) is 4.79 Å². The summed E-state index contributed by atoms with van der Waals surface area (Å²) in [5, 5.41) is 0. The van der Waals surface area contributed by atoms with Crippen LogP contribution in [0.25, 0.3) is 0 Å². The van der Waals surface area contributed by atoms with E-state index in [2.05, 4.69) is 15.9 Å². The highest BCUT2D eigenvalue weighted by atomic mass is 79.9. The van der Waals surface area contributed by atoms with Gasteiger partial charge in [-0.1, -0.05) is 28.1 Å². The molecule has 15 heavy (non-hydrogen) atoms. The quantitative estimate of drug-likeness (QED) is 0.606. The number of benzene rings is 1. The predicted molar refractivity (Wildman–Crippen MR) is 63.6 cm³/mol. The molecule has 0 aliphatic heterocycles. The average molecular weight is 269 g/mol. The summed E-state index contributed by atoms with van der Waals surface area (Å²) in [7, 11) is 0. The number of allylic oxidation sites excluding steroid dienone is 1. The van der Waals surface area contributed by atoms with Gasteiger partial charge in [0.15, 0.2) is 5.78 Å². The van der Waals surface area contributed by atoms with Crippen molar-refractivity contribution in [1.82, 2.24) is 0 Å². The molecule has 0 saturated carbocycles. The van der Waals surface area contributed by atoms with Gasteiger partial charge in [0.2, 0.25) is 0 Å². The molecule has 0 spiro atoms. The monoisotopic (exact) mass is 268 g/mol. The molecule has 3 heteroatoms. The Hall–Kier alpha value is -1.09. The van der Waals surface area contributed by atoms with Crippen LogP contribution >= 0.6 is 15.9 Å². The van der Waals surface area contributed by atoms with E-state index in [1.807, 2.05) is 31.2 Å². The lowest BCUT2D eigenvalue weighted by Gasteiger charge is -1.98. The van der Waals surface area contributed by atoms with Crippen LogP contribution in [0.5, 0.6) is 0 Å². The van der Waals surface area contributed by atoms with Gasteiger partial charge >= 0.3 is 0 Å². The molecular formula is C12H13BrO2. The third kappa shape index (κ3) is 4.79. The predicted octanol–water partition coefficient (Wildman–Crippen LogP) is 3.11. The van der Waals surface area contributed by atoms with Gasteiger partial charge in [0.25, 0.3) is 0 Å². The summed E-state index contributed by atoms with van der Waals surface area (Å²) in [4.78, 5) is 11.4. The molecule has 1 rings (SSSR count). The lowest BCUT2D eigenvalue weighted by molar-refractivity contribution is -0.114. The normalized spacial score (nSPS) is 10.5. The fourth-order valence-electron chi connectivity index (χ4n) is 1.08. The molecular weight excluding hydrogens is 256 g/mol. The topological polar surface area (TPSA) is 26.3 Å². The van der Waals surface area contributed by atoms with Crippen molar-refractivity contribution in [3.05, 3.63) is 46.6 Å². The van der Waals surface area contributed by atoms with Gasteiger partial charge in [-0.25, -0.2) is 0 Å². The number of ketones is 1. The minimum Gasteiger partial charge on any atom is -0.501 e. The zero-order chi connectivity index (χ0) is 11.1. The molecule has 1 aromatic carbocycles. The molecule has 1 aromatic rings. The average Bonchev–Trinajstić information content (AvgIpc) is 2.22. The first-order chi connectivity index (χ1) is 7.22. The second-order valence-corrected chi connectivity index (χ2v) is 3.94. The van der Waals surface area contributed by atoms with Crippen LogP contribution in [0, 0.1) is 0 Å². The minimum atomic E-state index is 0.0470. The van der Waals surface area contributed by atoms with Crippen molar-refractivity contribution < 1.29 is 9.53 Å². The van der Waals surface area contributed by atoms with Crippen molar-refractivity contribution in [2.75, 3.05) is 6.61 Å². The summed E-state index contributed by atoms with van der Waals surface area (Å²) >= 11 is 3.34. The maximum absolute atomic E-state index is 11.4. The highest BCUT2D eigenvalue weighted by Crippen LogP contribution is 2.11. The van der Waals surface area contributed by atoms with Gasteiger partial charge in [-0.3, -0.25) is 4.79 Å². The molecule has 0 saturated heterocycles. The van der Waals surface area contributed by atoms with E-state index in [1.165, 1.54) is 12.3 Å². The Morgan fingerprint density at radius 2 is 2.07 bits per heavy atom. The van der Waals surface area contributed by atoms with Gasteiger partial charge < -0.3 is 4.74 Å². The molecule has 0 bridgehead atoms. The molecule has 0 N–H and O–H groups in total. The van der Waals surface area contributed by atoms with Gasteiger partial charge in [0.05, 0.1) is 12.9 Å². The van der Waals surface area contributed by atoms with E-state index in [4.69, 9.17) is 4.74 Å². The maximum Gasteiger partial charge on any atom is 0.163 e. The standard InChI is InChI=1S/C12H13BrO2/c1-2-15-8-7-12(14)9-10-3-5-11(13)6-4-10/h3-8H,2,9H2,1H3/b8-7+. The minimum absolute atomic E-state index is 0.0470. The third-order valence-corrected chi connectivity index (χ3v) is 2.34. The fourth-order valence-corrected chi connectivity index (χ4v) is 1.35. The zero-order valence-electron chi connectivity index (χ0n) is 8.57. The first-order valence-corrected chi connectivity index (χ1v) is 5.57. The SMILES string of the molecule is CCO/C=C/C(=O)Cc1ccc(Br)cc1. The molecule has 0 atom stereocenters. The van der Waals surface area contributed by atoms with Crippen molar-refractivity contribution in [1.29, 1.82) is 0 Å². The smallest absolute Gasteiger partial charge is 0.163 e. The molecule has 0 heterocycles. The van der Waals surface area contributed by atoms with Gasteiger partial charge in [0.1, 0.15) is 0 Å². The molecule has 0 unspecified atom stereocenters. The largest absolute Gasteiger partial charge is 0.501 e. The van der Waals surface area contributed by atoms with Gasteiger partial charge in [0, 0.05) is 17.0 Å². The molecule has 2 nitrogen and oxygen atoms in total. The molecule has 0 aliphatic carbocycles.